The van der Waals surface area contributed by atoms with Crippen LogP contribution in [0, 0.1) is 0 Å². The fourth-order valence-corrected chi connectivity index (χ4v) is 3.28. The number of para-hydroxylation sites is 1. The van der Waals surface area contributed by atoms with Gasteiger partial charge in [0.15, 0.2) is 0 Å². The van der Waals surface area contributed by atoms with E-state index in [1.54, 1.807) is 24.3 Å². The van der Waals surface area contributed by atoms with Crippen molar-refractivity contribution in [3.8, 4) is 5.75 Å². The fraction of sp³-hybridized carbons (Fsp3) is 0.190. The van der Waals surface area contributed by atoms with Crippen LogP contribution in [0.5, 0.6) is 5.75 Å². The quantitative estimate of drug-likeness (QED) is 0.524. The highest BCUT2D eigenvalue weighted by Crippen LogP contribution is 2.22. The molecule has 3 aromatic rings. The second-order valence-corrected chi connectivity index (χ2v) is 8.44. The fourth-order valence-electron chi connectivity index (χ4n) is 2.47. The van der Waals surface area contributed by atoms with Crippen molar-refractivity contribution in [3.05, 3.63) is 83.6 Å². The van der Waals surface area contributed by atoms with E-state index in [0.29, 0.717) is 12.4 Å². The number of sulfonamides is 1. The van der Waals surface area contributed by atoms with E-state index >= 15 is 0 Å². The van der Waals surface area contributed by atoms with Crippen molar-refractivity contribution in [1.29, 1.82) is 0 Å². The lowest BCUT2D eigenvalue weighted by Crippen LogP contribution is -2.21. The van der Waals surface area contributed by atoms with Gasteiger partial charge in [-0.1, -0.05) is 42.5 Å². The minimum absolute atomic E-state index is 0.200. The van der Waals surface area contributed by atoms with Gasteiger partial charge in [0.2, 0.25) is 5.09 Å². The Bertz CT molecular complexity index is 1070. The SMILES string of the molecule is CN(C)S(=O)(=O)c1ccc(COC(=O)c2ccccc2OCc2ccccc2)o1. The van der Waals surface area contributed by atoms with Gasteiger partial charge in [-0.2, -0.15) is 0 Å². The summed E-state index contributed by atoms with van der Waals surface area (Å²) in [6.07, 6.45) is 0. The topological polar surface area (TPSA) is 86.0 Å². The summed E-state index contributed by atoms with van der Waals surface area (Å²) in [5, 5.41) is -0.208. The maximum absolute atomic E-state index is 12.5. The van der Waals surface area contributed by atoms with Crippen LogP contribution in [0.15, 0.2) is 76.2 Å². The minimum Gasteiger partial charge on any atom is -0.488 e. The predicted octanol–water partition coefficient (Wildman–Crippen LogP) is 3.47. The standard InChI is InChI=1S/C21H21NO6S/c1-22(2)29(24,25)20-13-12-17(28-20)15-27-21(23)18-10-6-7-11-19(18)26-14-16-8-4-3-5-9-16/h3-13H,14-15H2,1-2H3. The van der Waals surface area contributed by atoms with Crippen molar-refractivity contribution < 1.29 is 27.1 Å². The van der Waals surface area contributed by atoms with Crippen LogP contribution < -0.4 is 4.74 Å². The molecule has 29 heavy (non-hydrogen) atoms. The molecule has 0 saturated carbocycles. The third-order valence-corrected chi connectivity index (χ3v) is 5.75. The number of hydrogen-bond acceptors (Lipinski definition) is 6. The maximum atomic E-state index is 12.5. The minimum atomic E-state index is -3.68. The summed E-state index contributed by atoms with van der Waals surface area (Å²) in [5.74, 6) is 0.0280. The summed E-state index contributed by atoms with van der Waals surface area (Å²) < 4.78 is 41.5. The van der Waals surface area contributed by atoms with Crippen LogP contribution in [0.25, 0.3) is 0 Å². The van der Waals surface area contributed by atoms with Crippen LogP contribution >= 0.6 is 0 Å². The molecular weight excluding hydrogens is 394 g/mol. The number of nitrogens with zero attached hydrogens (tertiary/aromatic N) is 1. The van der Waals surface area contributed by atoms with Crippen LogP contribution in [-0.2, 0) is 28.0 Å². The van der Waals surface area contributed by atoms with E-state index < -0.39 is 16.0 Å². The van der Waals surface area contributed by atoms with Gasteiger partial charge in [-0.05, 0) is 29.8 Å². The number of carbonyl (C=O) groups is 1. The van der Waals surface area contributed by atoms with E-state index in [9.17, 15) is 13.2 Å². The van der Waals surface area contributed by atoms with Crippen molar-refractivity contribution in [2.45, 2.75) is 18.3 Å². The van der Waals surface area contributed by atoms with Crippen LogP contribution in [0.4, 0.5) is 0 Å². The second-order valence-electron chi connectivity index (χ2n) is 6.35. The van der Waals surface area contributed by atoms with Gasteiger partial charge in [0, 0.05) is 14.1 Å². The lowest BCUT2D eigenvalue weighted by Gasteiger charge is -2.11. The van der Waals surface area contributed by atoms with Crippen LogP contribution in [0.2, 0.25) is 0 Å². The van der Waals surface area contributed by atoms with Gasteiger partial charge in [-0.25, -0.2) is 17.5 Å². The molecule has 152 valence electrons. The zero-order valence-corrected chi connectivity index (χ0v) is 16.9. The zero-order chi connectivity index (χ0) is 20.9. The van der Waals surface area contributed by atoms with Crippen LogP contribution in [0.1, 0.15) is 21.7 Å². The van der Waals surface area contributed by atoms with Crippen molar-refractivity contribution >= 4 is 16.0 Å². The Hall–Kier alpha value is -3.10. The maximum Gasteiger partial charge on any atom is 0.342 e. The second kappa shape index (κ2) is 8.93. The number of rotatable bonds is 8. The van der Waals surface area contributed by atoms with Gasteiger partial charge < -0.3 is 13.9 Å². The Labute approximate surface area is 169 Å². The normalized spacial score (nSPS) is 11.4. The predicted molar refractivity (Wildman–Crippen MR) is 106 cm³/mol. The Morgan fingerprint density at radius 1 is 0.931 bits per heavy atom. The smallest absolute Gasteiger partial charge is 0.342 e. The lowest BCUT2D eigenvalue weighted by atomic mass is 10.2. The molecule has 0 spiro atoms. The van der Waals surface area contributed by atoms with Crippen LogP contribution in [-0.4, -0.2) is 32.8 Å². The summed E-state index contributed by atoms with van der Waals surface area (Å²) in [5.41, 5.74) is 1.25. The first-order valence-corrected chi connectivity index (χ1v) is 10.3. The van der Waals surface area contributed by atoms with Gasteiger partial charge in [-0.3, -0.25) is 0 Å². The van der Waals surface area contributed by atoms with Gasteiger partial charge in [0.05, 0.1) is 0 Å². The Kier molecular flexibility index (Phi) is 6.36. The van der Waals surface area contributed by atoms with Crippen molar-refractivity contribution in [2.24, 2.45) is 0 Å². The zero-order valence-electron chi connectivity index (χ0n) is 16.1. The van der Waals surface area contributed by atoms with Crippen molar-refractivity contribution in [3.63, 3.8) is 0 Å². The molecule has 0 amide bonds. The monoisotopic (exact) mass is 415 g/mol. The number of hydrogen-bond donors (Lipinski definition) is 0. The first-order valence-electron chi connectivity index (χ1n) is 8.82. The average molecular weight is 415 g/mol. The molecule has 3 rings (SSSR count). The summed E-state index contributed by atoms with van der Waals surface area (Å²) in [6, 6.07) is 19.1. The summed E-state index contributed by atoms with van der Waals surface area (Å²) in [4.78, 5) is 12.5. The Balaban J connectivity index is 1.65. The molecule has 0 fully saturated rings. The largest absolute Gasteiger partial charge is 0.488 e. The first-order chi connectivity index (χ1) is 13.9. The van der Waals surface area contributed by atoms with E-state index in [0.717, 1.165) is 9.87 Å². The number of furan rings is 1. The molecule has 2 aromatic carbocycles. The lowest BCUT2D eigenvalue weighted by molar-refractivity contribution is 0.0435. The van der Waals surface area contributed by atoms with Gasteiger partial charge in [0.25, 0.3) is 10.0 Å². The molecule has 7 nitrogen and oxygen atoms in total. The van der Waals surface area contributed by atoms with Gasteiger partial charge >= 0.3 is 5.97 Å². The van der Waals surface area contributed by atoms with Gasteiger partial charge in [0.1, 0.15) is 30.3 Å². The van der Waals surface area contributed by atoms with E-state index in [2.05, 4.69) is 0 Å². The molecule has 0 N–H and O–H groups in total. The third-order valence-electron chi connectivity index (χ3n) is 4.06. The summed E-state index contributed by atoms with van der Waals surface area (Å²) >= 11 is 0. The third kappa shape index (κ3) is 5.04. The molecule has 0 bridgehead atoms. The summed E-state index contributed by atoms with van der Waals surface area (Å²) in [6.45, 7) is 0.115. The van der Waals surface area contributed by atoms with Crippen molar-refractivity contribution in [1.82, 2.24) is 4.31 Å². The molecule has 1 heterocycles. The summed E-state index contributed by atoms with van der Waals surface area (Å²) in [7, 11) is -0.868. The molecule has 0 aliphatic carbocycles. The van der Waals surface area contributed by atoms with Gasteiger partial charge in [-0.15, -0.1) is 0 Å². The van der Waals surface area contributed by atoms with E-state index in [1.165, 1.54) is 26.2 Å². The molecule has 0 radical (unpaired) electrons. The molecule has 8 heteroatoms. The molecule has 0 unspecified atom stereocenters. The Morgan fingerprint density at radius 2 is 1.62 bits per heavy atom. The number of benzene rings is 2. The molecular formula is C21H21NO6S. The van der Waals surface area contributed by atoms with E-state index in [4.69, 9.17) is 13.9 Å². The van der Waals surface area contributed by atoms with E-state index in [-0.39, 0.29) is 23.0 Å². The molecule has 0 aliphatic heterocycles. The number of esters is 1. The number of ether oxygens (including phenoxy) is 2. The van der Waals surface area contributed by atoms with E-state index in [1.807, 2.05) is 30.3 Å². The highest BCUT2D eigenvalue weighted by atomic mass is 32.2. The molecule has 0 saturated heterocycles. The van der Waals surface area contributed by atoms with Crippen LogP contribution in [0.3, 0.4) is 0 Å². The first kappa shape index (κ1) is 20.6. The average Bonchev–Trinajstić information content (AvgIpc) is 3.21. The highest BCUT2D eigenvalue weighted by Gasteiger charge is 2.22. The Morgan fingerprint density at radius 3 is 2.34 bits per heavy atom. The molecule has 1 aromatic heterocycles. The highest BCUT2D eigenvalue weighted by molar-refractivity contribution is 7.88. The molecule has 0 aliphatic rings. The molecule has 0 atom stereocenters. The number of carbonyl (C=O) groups excluding carboxylic acids is 1. The van der Waals surface area contributed by atoms with Crippen molar-refractivity contribution in [2.75, 3.05) is 14.1 Å².